The monoisotopic (exact) mass is 559 g/mol. The first-order chi connectivity index (χ1) is 18.9. The van der Waals surface area contributed by atoms with Gasteiger partial charge in [0.2, 0.25) is 0 Å². The summed E-state index contributed by atoms with van der Waals surface area (Å²) >= 11 is 6.21. The molecule has 0 atom stereocenters. The number of aryl methyl sites for hydroxylation is 1. The van der Waals surface area contributed by atoms with Crippen molar-refractivity contribution in [1.29, 1.82) is 0 Å². The number of anilines is 2. The molecule has 0 aliphatic carbocycles. The first-order valence-corrected chi connectivity index (χ1v) is 14.0. The minimum Gasteiger partial charge on any atom is -0.507 e. The number of hydrogen-bond donors (Lipinski definition) is 2. The molecule has 1 aliphatic heterocycles. The van der Waals surface area contributed by atoms with Gasteiger partial charge in [0.25, 0.3) is 0 Å². The summed E-state index contributed by atoms with van der Waals surface area (Å²) in [5.41, 5.74) is 12.8. The Morgan fingerprint density at radius 3 is 2.46 bits per heavy atom. The van der Waals surface area contributed by atoms with E-state index in [1.807, 2.05) is 61.5 Å². The molecule has 7 heteroatoms. The molecule has 0 unspecified atom stereocenters. The van der Waals surface area contributed by atoms with Crippen LogP contribution in [0.5, 0.6) is 5.75 Å². The number of alkyl halides is 1. The van der Waals surface area contributed by atoms with Crippen LogP contribution in [0.3, 0.4) is 0 Å². The minimum atomic E-state index is 0.395. The lowest BCUT2D eigenvalue weighted by molar-refractivity contribution is 0.112. The number of aldehydes is 1. The van der Waals surface area contributed by atoms with E-state index >= 15 is 0 Å². The van der Waals surface area contributed by atoms with Crippen molar-refractivity contribution < 1.29 is 9.90 Å². The van der Waals surface area contributed by atoms with Gasteiger partial charge in [-0.25, -0.2) is 4.98 Å². The number of phenols is 1. The number of allylic oxidation sites excluding steroid dienone is 1. The van der Waals surface area contributed by atoms with Gasteiger partial charge in [-0.15, -0.1) is 29.5 Å². The lowest BCUT2D eigenvalue weighted by Crippen LogP contribution is -2.12. The van der Waals surface area contributed by atoms with Crippen LogP contribution in [-0.2, 0) is 6.42 Å². The molecule has 0 bridgehead atoms. The van der Waals surface area contributed by atoms with Gasteiger partial charge in [-0.3, -0.25) is 4.79 Å². The molecule has 0 saturated heterocycles. The molecule has 0 radical (unpaired) electrons. The lowest BCUT2D eigenvalue weighted by Gasteiger charge is -2.14. The molecule has 1 aromatic heterocycles. The zero-order chi connectivity index (χ0) is 28.5. The molecule has 1 aliphatic rings. The van der Waals surface area contributed by atoms with E-state index in [0.29, 0.717) is 11.3 Å². The molecule has 0 spiro atoms. The maximum atomic E-state index is 10.7. The highest BCUT2D eigenvalue weighted by atomic mass is 35.5. The van der Waals surface area contributed by atoms with Crippen molar-refractivity contribution in [2.24, 2.45) is 0 Å². The minimum absolute atomic E-state index is 0.395. The Hall–Kier alpha value is -3.87. The number of aromatic nitrogens is 1. The zero-order valence-electron chi connectivity index (χ0n) is 22.7. The number of hydrogen-bond acceptors (Lipinski definition) is 6. The third kappa shape index (κ3) is 6.77. The molecule has 0 fully saturated rings. The number of thiazole rings is 1. The molecule has 0 amide bonds. The van der Waals surface area contributed by atoms with Crippen LogP contribution < -0.4 is 10.6 Å². The quantitative estimate of drug-likeness (QED) is 0.0984. The molecule has 5 nitrogen and oxygen atoms in total. The smallest absolute Gasteiger partial charge is 0.150 e. The van der Waals surface area contributed by atoms with E-state index in [2.05, 4.69) is 48.1 Å². The Morgan fingerprint density at radius 2 is 1.79 bits per heavy atom. The second kappa shape index (κ2) is 13.8. The number of rotatable bonds is 2. The number of aromatic hydroxyl groups is 1. The summed E-state index contributed by atoms with van der Waals surface area (Å²) in [6.45, 7) is 8.41. The van der Waals surface area contributed by atoms with E-state index in [0.717, 1.165) is 51.1 Å². The number of nitrogens with two attached hydrogens (primary N) is 1. The molecule has 39 heavy (non-hydrogen) atoms. The SMILES string of the molecule is C=CC.CCl.Cc1cccc2c(O)cc3c(c12)CCN3C.Nc1ccc(-c2nc3ccc(C=O)cc3s2)cc1. The molecular weight excluding hydrogens is 526 g/mol. The van der Waals surface area contributed by atoms with E-state index in [1.54, 1.807) is 23.5 Å². The summed E-state index contributed by atoms with van der Waals surface area (Å²) < 4.78 is 1.02. The van der Waals surface area contributed by atoms with E-state index < -0.39 is 0 Å². The van der Waals surface area contributed by atoms with Crippen molar-refractivity contribution in [3.05, 3.63) is 96.1 Å². The first-order valence-electron chi connectivity index (χ1n) is 12.5. The van der Waals surface area contributed by atoms with Crippen LogP contribution in [0.2, 0.25) is 0 Å². The fraction of sp³-hybridized carbons (Fsp3) is 0.188. The van der Waals surface area contributed by atoms with Gasteiger partial charge in [0.15, 0.2) is 0 Å². The first kappa shape index (κ1) is 29.7. The Bertz CT molecular complexity index is 1580. The molecule has 0 saturated carbocycles. The van der Waals surface area contributed by atoms with E-state index in [4.69, 9.17) is 5.73 Å². The molecule has 2 heterocycles. The summed E-state index contributed by atoms with van der Waals surface area (Å²) in [7, 11) is 2.08. The number of carbonyl (C=O) groups is 1. The van der Waals surface area contributed by atoms with Gasteiger partial charge in [-0.1, -0.05) is 24.3 Å². The summed E-state index contributed by atoms with van der Waals surface area (Å²) in [6.07, 6.45) is 5.15. The molecule has 6 rings (SSSR count). The summed E-state index contributed by atoms with van der Waals surface area (Å²) in [5, 5.41) is 13.2. The number of likely N-dealkylation sites (N-methyl/N-ethyl adjacent to an activating group) is 1. The van der Waals surface area contributed by atoms with Crippen LogP contribution in [0.25, 0.3) is 31.6 Å². The van der Waals surface area contributed by atoms with Crippen molar-refractivity contribution >= 4 is 61.6 Å². The lowest BCUT2D eigenvalue weighted by atomic mass is 9.97. The third-order valence-electron chi connectivity index (χ3n) is 6.25. The van der Waals surface area contributed by atoms with Crippen molar-refractivity contribution in [3.8, 4) is 16.3 Å². The second-order valence-corrected chi connectivity index (χ2v) is 9.99. The Morgan fingerprint density at radius 1 is 1.10 bits per heavy atom. The normalized spacial score (nSPS) is 11.4. The summed E-state index contributed by atoms with van der Waals surface area (Å²) in [6, 6.07) is 21.1. The maximum Gasteiger partial charge on any atom is 0.150 e. The number of carbonyl (C=O) groups excluding carboxylic acids is 1. The van der Waals surface area contributed by atoms with Gasteiger partial charge >= 0.3 is 0 Å². The zero-order valence-corrected chi connectivity index (χ0v) is 24.3. The molecular formula is C32H34ClN3O2S. The van der Waals surface area contributed by atoms with E-state index in [-0.39, 0.29) is 0 Å². The highest BCUT2D eigenvalue weighted by molar-refractivity contribution is 7.21. The number of benzene rings is 4. The summed E-state index contributed by atoms with van der Waals surface area (Å²) in [5.74, 6) is 0.395. The largest absolute Gasteiger partial charge is 0.507 e. The van der Waals surface area contributed by atoms with Crippen LogP contribution in [0.15, 0.2) is 79.4 Å². The molecule has 5 aromatic rings. The Kier molecular flexibility index (Phi) is 10.5. The van der Waals surface area contributed by atoms with Crippen molar-refractivity contribution in [2.45, 2.75) is 20.3 Å². The average molecular weight is 560 g/mol. The maximum absolute atomic E-state index is 10.7. The topological polar surface area (TPSA) is 79.4 Å². The number of nitrogen functional groups attached to an aromatic ring is 1. The van der Waals surface area contributed by atoms with E-state index in [1.165, 1.54) is 28.6 Å². The van der Waals surface area contributed by atoms with Gasteiger partial charge in [0.1, 0.15) is 17.0 Å². The van der Waals surface area contributed by atoms with Crippen molar-refractivity contribution in [2.75, 3.05) is 30.6 Å². The van der Waals surface area contributed by atoms with Crippen LogP contribution in [0, 0.1) is 6.92 Å². The molecule has 3 N–H and O–H groups in total. The molecule has 202 valence electrons. The number of halogens is 1. The number of phenolic OH excluding ortho intramolecular Hbond substituents is 1. The third-order valence-corrected chi connectivity index (χ3v) is 7.32. The highest BCUT2D eigenvalue weighted by Crippen LogP contribution is 2.40. The predicted molar refractivity (Wildman–Crippen MR) is 170 cm³/mol. The van der Waals surface area contributed by atoms with Gasteiger partial charge in [-0.05, 0) is 79.2 Å². The number of nitrogens with zero attached hydrogens (tertiary/aromatic N) is 2. The predicted octanol–water partition coefficient (Wildman–Crippen LogP) is 8.25. The molecule has 4 aromatic carbocycles. The highest BCUT2D eigenvalue weighted by Gasteiger charge is 2.21. The Labute approximate surface area is 239 Å². The van der Waals surface area contributed by atoms with Gasteiger partial charge in [0, 0.05) is 53.9 Å². The number of fused-ring (bicyclic) bond motifs is 4. The second-order valence-electron chi connectivity index (χ2n) is 8.96. The fourth-order valence-corrected chi connectivity index (χ4v) is 5.48. The summed E-state index contributed by atoms with van der Waals surface area (Å²) in [4.78, 5) is 17.5. The Balaban J connectivity index is 0.000000186. The standard InChI is InChI=1S/C14H10N2OS.C14H15NO.C3H6.CH3Cl/c15-11-4-2-10(3-5-11)14-16-12-6-1-9(8-17)7-13(12)18-14;1-9-4-3-5-11-13(16)8-12-10(14(9)11)6-7-15(12)2;1-3-2;1-2/h1-8H,15H2;3-5,8,16H,6-7H2,1-2H3;3H,1H2,2H3;1H3. The van der Waals surface area contributed by atoms with Crippen molar-refractivity contribution in [3.63, 3.8) is 0 Å². The van der Waals surface area contributed by atoms with E-state index in [9.17, 15) is 9.90 Å². The van der Waals surface area contributed by atoms with Crippen molar-refractivity contribution in [1.82, 2.24) is 4.98 Å². The van der Waals surface area contributed by atoms with Gasteiger partial charge in [-0.2, -0.15) is 0 Å². The fourth-order valence-electron chi connectivity index (χ4n) is 4.46. The van der Waals surface area contributed by atoms with Gasteiger partial charge < -0.3 is 15.7 Å². The van der Waals surface area contributed by atoms with Crippen LogP contribution >= 0.6 is 22.9 Å². The van der Waals surface area contributed by atoms with Crippen LogP contribution in [0.1, 0.15) is 28.4 Å². The van der Waals surface area contributed by atoms with Gasteiger partial charge in [0.05, 0.1) is 10.2 Å². The van der Waals surface area contributed by atoms with Crippen LogP contribution in [0.4, 0.5) is 11.4 Å². The average Bonchev–Trinajstić information content (AvgIpc) is 3.54. The van der Waals surface area contributed by atoms with Crippen LogP contribution in [-0.4, -0.2) is 36.4 Å².